The molecule has 0 spiro atoms. The fourth-order valence-corrected chi connectivity index (χ4v) is 2.07. The highest BCUT2D eigenvalue weighted by molar-refractivity contribution is 5.86. The molecule has 4 nitrogen and oxygen atoms in total. The van der Waals surface area contributed by atoms with Crippen molar-refractivity contribution in [2.75, 3.05) is 0 Å². The minimum absolute atomic E-state index is 0.172. The number of rotatable bonds is 2. The van der Waals surface area contributed by atoms with Crippen LogP contribution in [0.1, 0.15) is 0 Å². The van der Waals surface area contributed by atoms with Crippen molar-refractivity contribution in [3.8, 4) is 22.9 Å². The Kier molecular flexibility index (Phi) is 3.51. The largest absolute Gasteiger partial charge is 0.573 e. The summed E-state index contributed by atoms with van der Waals surface area (Å²) in [7, 11) is 0. The quantitative estimate of drug-likeness (QED) is 0.723. The third-order valence-electron chi connectivity index (χ3n) is 3.03. The maximum atomic E-state index is 13.7. The normalized spacial score (nSPS) is 11.7. The number of hydrogen-bond donors (Lipinski definition) is 1. The second-order valence-corrected chi connectivity index (χ2v) is 4.59. The SMILES string of the molecule is Oc1nc(-c2ccc(OC(F)(F)F)c(F)c2)cc2ncccc12. The van der Waals surface area contributed by atoms with Crippen LogP contribution < -0.4 is 4.74 Å². The smallest absolute Gasteiger partial charge is 0.493 e. The Hall–Kier alpha value is -2.90. The summed E-state index contributed by atoms with van der Waals surface area (Å²) in [5, 5.41) is 10.3. The van der Waals surface area contributed by atoms with Gasteiger partial charge >= 0.3 is 6.36 Å². The van der Waals surface area contributed by atoms with Gasteiger partial charge in [0.1, 0.15) is 0 Å². The van der Waals surface area contributed by atoms with E-state index in [2.05, 4.69) is 14.7 Å². The highest BCUT2D eigenvalue weighted by Crippen LogP contribution is 2.31. The first kappa shape index (κ1) is 15.0. The van der Waals surface area contributed by atoms with Crippen LogP contribution in [0.3, 0.4) is 0 Å². The monoisotopic (exact) mass is 324 g/mol. The number of pyridine rings is 2. The van der Waals surface area contributed by atoms with Crippen LogP contribution in [0, 0.1) is 5.82 Å². The molecule has 0 radical (unpaired) electrons. The van der Waals surface area contributed by atoms with Gasteiger partial charge in [-0.1, -0.05) is 0 Å². The Morgan fingerprint density at radius 1 is 1.09 bits per heavy atom. The van der Waals surface area contributed by atoms with E-state index < -0.39 is 17.9 Å². The zero-order chi connectivity index (χ0) is 16.6. The van der Waals surface area contributed by atoms with Crippen LogP contribution in [0.25, 0.3) is 22.2 Å². The number of benzene rings is 1. The average Bonchev–Trinajstić information content (AvgIpc) is 2.48. The Labute approximate surface area is 127 Å². The van der Waals surface area contributed by atoms with Crippen molar-refractivity contribution in [1.29, 1.82) is 0 Å². The van der Waals surface area contributed by atoms with Gasteiger partial charge in [0.25, 0.3) is 0 Å². The molecule has 0 amide bonds. The number of alkyl halides is 3. The van der Waals surface area contributed by atoms with Crippen molar-refractivity contribution in [3.63, 3.8) is 0 Å². The molecule has 0 aliphatic heterocycles. The van der Waals surface area contributed by atoms with Gasteiger partial charge in [0.2, 0.25) is 5.88 Å². The van der Waals surface area contributed by atoms with Crippen molar-refractivity contribution in [2.45, 2.75) is 6.36 Å². The van der Waals surface area contributed by atoms with Gasteiger partial charge in [0.05, 0.1) is 16.6 Å². The lowest BCUT2D eigenvalue weighted by Crippen LogP contribution is -2.17. The molecule has 0 bridgehead atoms. The molecule has 0 saturated carbocycles. The standard InChI is InChI=1S/C15H8F4N2O2/c16-10-6-8(3-4-13(10)23-15(17,18)19)11-7-12-9(14(22)21-11)2-1-5-20-12/h1-7H,(H,21,22). The number of aromatic hydroxyl groups is 1. The summed E-state index contributed by atoms with van der Waals surface area (Å²) in [5.41, 5.74) is 0.775. The van der Waals surface area contributed by atoms with E-state index in [4.69, 9.17) is 0 Å². The number of halogens is 4. The fraction of sp³-hybridized carbons (Fsp3) is 0.0667. The molecule has 2 heterocycles. The Bertz CT molecular complexity index is 881. The minimum atomic E-state index is -4.98. The Morgan fingerprint density at radius 3 is 2.57 bits per heavy atom. The average molecular weight is 324 g/mol. The lowest BCUT2D eigenvalue weighted by atomic mass is 10.1. The zero-order valence-corrected chi connectivity index (χ0v) is 11.3. The van der Waals surface area contributed by atoms with Crippen LogP contribution in [0.4, 0.5) is 17.6 Å². The number of fused-ring (bicyclic) bond motifs is 1. The molecule has 2 aromatic heterocycles. The molecule has 0 aliphatic rings. The number of nitrogens with zero attached hydrogens (tertiary/aromatic N) is 2. The van der Waals surface area contributed by atoms with Gasteiger partial charge in [-0.3, -0.25) is 4.98 Å². The van der Waals surface area contributed by atoms with E-state index >= 15 is 0 Å². The first-order valence-electron chi connectivity index (χ1n) is 6.34. The highest BCUT2D eigenvalue weighted by Gasteiger charge is 2.32. The fourth-order valence-electron chi connectivity index (χ4n) is 2.07. The van der Waals surface area contributed by atoms with E-state index in [1.807, 2.05) is 0 Å². The van der Waals surface area contributed by atoms with Gasteiger partial charge < -0.3 is 9.84 Å². The maximum Gasteiger partial charge on any atom is 0.573 e. The summed E-state index contributed by atoms with van der Waals surface area (Å²) in [6, 6.07) is 7.62. The Balaban J connectivity index is 2.04. The molecule has 0 aliphatic carbocycles. The summed E-state index contributed by atoms with van der Waals surface area (Å²) < 4.78 is 53.7. The van der Waals surface area contributed by atoms with Gasteiger partial charge in [-0.25, -0.2) is 9.37 Å². The van der Waals surface area contributed by atoms with Crippen LogP contribution in [-0.2, 0) is 0 Å². The van der Waals surface area contributed by atoms with E-state index in [9.17, 15) is 22.7 Å². The topological polar surface area (TPSA) is 55.2 Å². The molecule has 23 heavy (non-hydrogen) atoms. The molecule has 1 aromatic carbocycles. The summed E-state index contributed by atoms with van der Waals surface area (Å²) in [5.74, 6) is -2.44. The van der Waals surface area contributed by atoms with Crippen molar-refractivity contribution >= 4 is 10.9 Å². The predicted octanol–water partition coefficient (Wildman–Crippen LogP) is 4.04. The third kappa shape index (κ3) is 3.15. The highest BCUT2D eigenvalue weighted by atomic mass is 19.4. The number of hydrogen-bond acceptors (Lipinski definition) is 4. The molecule has 0 saturated heterocycles. The predicted molar refractivity (Wildman–Crippen MR) is 73.3 cm³/mol. The van der Waals surface area contributed by atoms with Crippen molar-refractivity contribution in [2.24, 2.45) is 0 Å². The third-order valence-corrected chi connectivity index (χ3v) is 3.03. The van der Waals surface area contributed by atoms with E-state index in [0.29, 0.717) is 10.9 Å². The van der Waals surface area contributed by atoms with Gasteiger partial charge in [0.15, 0.2) is 11.6 Å². The summed E-state index contributed by atoms with van der Waals surface area (Å²) in [4.78, 5) is 7.95. The Morgan fingerprint density at radius 2 is 1.87 bits per heavy atom. The van der Waals surface area contributed by atoms with Crippen LogP contribution in [-0.4, -0.2) is 21.4 Å². The molecule has 0 unspecified atom stereocenters. The molecule has 3 rings (SSSR count). The van der Waals surface area contributed by atoms with Crippen LogP contribution >= 0.6 is 0 Å². The molecule has 118 valence electrons. The lowest BCUT2D eigenvalue weighted by Gasteiger charge is -2.11. The summed E-state index contributed by atoms with van der Waals surface area (Å²) >= 11 is 0. The number of aromatic nitrogens is 2. The van der Waals surface area contributed by atoms with Crippen LogP contribution in [0.5, 0.6) is 11.6 Å². The number of ether oxygens (including phenoxy) is 1. The molecular weight excluding hydrogens is 316 g/mol. The molecule has 3 aromatic rings. The molecule has 0 fully saturated rings. The second-order valence-electron chi connectivity index (χ2n) is 4.59. The summed E-state index contributed by atoms with van der Waals surface area (Å²) in [6.45, 7) is 0. The minimum Gasteiger partial charge on any atom is -0.493 e. The van der Waals surface area contributed by atoms with Crippen LogP contribution in [0.2, 0.25) is 0 Å². The van der Waals surface area contributed by atoms with Crippen molar-refractivity contribution in [1.82, 2.24) is 9.97 Å². The van der Waals surface area contributed by atoms with Gasteiger partial charge in [-0.05, 0) is 36.4 Å². The van der Waals surface area contributed by atoms with Crippen molar-refractivity contribution in [3.05, 3.63) is 48.4 Å². The van der Waals surface area contributed by atoms with Gasteiger partial charge in [0, 0.05) is 11.8 Å². The lowest BCUT2D eigenvalue weighted by molar-refractivity contribution is -0.275. The van der Waals surface area contributed by atoms with E-state index in [1.165, 1.54) is 18.3 Å². The van der Waals surface area contributed by atoms with Crippen molar-refractivity contribution < 1.29 is 27.4 Å². The molecular formula is C15H8F4N2O2. The maximum absolute atomic E-state index is 13.7. The molecule has 0 atom stereocenters. The second kappa shape index (κ2) is 5.38. The van der Waals surface area contributed by atoms with E-state index in [-0.39, 0.29) is 17.1 Å². The van der Waals surface area contributed by atoms with Crippen LogP contribution in [0.15, 0.2) is 42.6 Å². The van der Waals surface area contributed by atoms with E-state index in [0.717, 1.165) is 12.1 Å². The first-order chi connectivity index (χ1) is 10.8. The van der Waals surface area contributed by atoms with Gasteiger partial charge in [-0.15, -0.1) is 13.2 Å². The zero-order valence-electron chi connectivity index (χ0n) is 11.3. The summed E-state index contributed by atoms with van der Waals surface area (Å²) in [6.07, 6.45) is -3.47. The molecule has 1 N–H and O–H groups in total. The molecule has 8 heteroatoms. The first-order valence-corrected chi connectivity index (χ1v) is 6.34. The van der Waals surface area contributed by atoms with E-state index in [1.54, 1.807) is 12.1 Å². The van der Waals surface area contributed by atoms with Gasteiger partial charge in [-0.2, -0.15) is 0 Å².